The van der Waals surface area contributed by atoms with E-state index in [0.29, 0.717) is 5.69 Å². The minimum absolute atomic E-state index is 0.459. The summed E-state index contributed by atoms with van der Waals surface area (Å²) in [7, 11) is 0. The number of alkyl halides is 3. The maximum Gasteiger partial charge on any atom is 0.471 e. The Labute approximate surface area is 101 Å². The summed E-state index contributed by atoms with van der Waals surface area (Å²) in [5, 5.41) is 3.85. The smallest absolute Gasteiger partial charge is 0.339 e. The Kier molecular flexibility index (Phi) is 4.30. The number of nitrogens with one attached hydrogen (secondary N) is 2. The Balaban J connectivity index is 2.46. The van der Waals surface area contributed by atoms with Crippen molar-refractivity contribution in [3.05, 3.63) is 29.8 Å². The molecule has 0 spiro atoms. The predicted molar refractivity (Wildman–Crippen MR) is 58.9 cm³/mol. The average Bonchev–Trinajstić information content (AvgIpc) is 2.24. The Morgan fingerprint density at radius 1 is 1.28 bits per heavy atom. The quantitative estimate of drug-likeness (QED) is 0.867. The first kappa shape index (κ1) is 14.0. The van der Waals surface area contributed by atoms with Crippen molar-refractivity contribution in [3.63, 3.8) is 0 Å². The number of carbonyl (C=O) groups excluding carboxylic acids is 2. The zero-order valence-corrected chi connectivity index (χ0v) is 9.47. The normalized spacial score (nSPS) is 10.9. The molecule has 2 N–H and O–H groups in total. The molecule has 1 aromatic carbocycles. The summed E-state index contributed by atoms with van der Waals surface area (Å²) in [4.78, 5) is 21.7. The van der Waals surface area contributed by atoms with Gasteiger partial charge in [0.25, 0.3) is 0 Å². The van der Waals surface area contributed by atoms with E-state index >= 15 is 0 Å². The van der Waals surface area contributed by atoms with E-state index in [9.17, 15) is 22.8 Å². The molecule has 0 saturated heterocycles. The van der Waals surface area contributed by atoms with Crippen LogP contribution in [-0.4, -0.2) is 24.5 Å². The van der Waals surface area contributed by atoms with Gasteiger partial charge in [-0.3, -0.25) is 9.59 Å². The molecule has 4 nitrogen and oxygen atoms in total. The lowest BCUT2D eigenvalue weighted by Gasteiger charge is -2.08. The zero-order chi connectivity index (χ0) is 13.8. The summed E-state index contributed by atoms with van der Waals surface area (Å²) >= 11 is 0. The van der Waals surface area contributed by atoms with E-state index in [1.54, 1.807) is 31.2 Å². The average molecular weight is 260 g/mol. The Bertz CT molecular complexity index is 458. The van der Waals surface area contributed by atoms with Crippen LogP contribution in [0.2, 0.25) is 0 Å². The zero-order valence-electron chi connectivity index (χ0n) is 9.47. The Morgan fingerprint density at radius 3 is 2.50 bits per heavy atom. The molecular weight excluding hydrogens is 249 g/mol. The van der Waals surface area contributed by atoms with Gasteiger partial charge >= 0.3 is 12.1 Å². The van der Waals surface area contributed by atoms with Gasteiger partial charge in [-0.05, 0) is 24.6 Å². The summed E-state index contributed by atoms with van der Waals surface area (Å²) < 4.78 is 35.5. The lowest BCUT2D eigenvalue weighted by molar-refractivity contribution is -0.173. The molecule has 0 aromatic heterocycles. The number of benzene rings is 1. The van der Waals surface area contributed by atoms with Crippen LogP contribution in [0.5, 0.6) is 0 Å². The maximum absolute atomic E-state index is 11.8. The molecule has 18 heavy (non-hydrogen) atoms. The predicted octanol–water partition coefficient (Wildman–Crippen LogP) is 1.61. The van der Waals surface area contributed by atoms with Crippen molar-refractivity contribution in [1.29, 1.82) is 0 Å². The molecule has 0 aliphatic carbocycles. The largest absolute Gasteiger partial charge is 0.471 e. The first-order valence-electron chi connectivity index (χ1n) is 5.00. The maximum atomic E-state index is 11.8. The summed E-state index contributed by atoms with van der Waals surface area (Å²) in [6.45, 7) is 1.08. The van der Waals surface area contributed by atoms with Gasteiger partial charge in [-0.2, -0.15) is 13.2 Å². The molecule has 0 aliphatic rings. The molecule has 0 radical (unpaired) electrons. The molecule has 0 heterocycles. The monoisotopic (exact) mass is 260 g/mol. The highest BCUT2D eigenvalue weighted by Gasteiger charge is 2.38. The third kappa shape index (κ3) is 4.44. The SMILES string of the molecule is Cc1cccc(NC(=O)CNC(=O)C(F)(F)F)c1. The summed E-state index contributed by atoms with van der Waals surface area (Å²) in [5.41, 5.74) is 1.35. The lowest BCUT2D eigenvalue weighted by atomic mass is 10.2. The first-order valence-corrected chi connectivity index (χ1v) is 5.00. The van der Waals surface area contributed by atoms with Gasteiger partial charge in [0.2, 0.25) is 5.91 Å². The minimum Gasteiger partial charge on any atom is -0.339 e. The molecule has 7 heteroatoms. The number of amides is 2. The van der Waals surface area contributed by atoms with Crippen LogP contribution in [0.3, 0.4) is 0 Å². The van der Waals surface area contributed by atoms with E-state index in [1.165, 1.54) is 5.32 Å². The molecule has 0 unspecified atom stereocenters. The molecule has 2 amide bonds. The van der Waals surface area contributed by atoms with Crippen LogP contribution < -0.4 is 10.6 Å². The molecule has 1 rings (SSSR count). The molecular formula is C11H11F3N2O2. The van der Waals surface area contributed by atoms with E-state index in [2.05, 4.69) is 5.32 Å². The highest BCUT2D eigenvalue weighted by atomic mass is 19.4. The molecule has 0 bridgehead atoms. The highest BCUT2D eigenvalue weighted by Crippen LogP contribution is 2.14. The third-order valence-electron chi connectivity index (χ3n) is 1.97. The van der Waals surface area contributed by atoms with Crippen LogP contribution in [0, 0.1) is 6.92 Å². The summed E-state index contributed by atoms with van der Waals surface area (Å²) in [6, 6.07) is 6.75. The number of anilines is 1. The van der Waals surface area contributed by atoms with Crippen LogP contribution >= 0.6 is 0 Å². The van der Waals surface area contributed by atoms with Crippen LogP contribution in [0.25, 0.3) is 0 Å². The highest BCUT2D eigenvalue weighted by molar-refractivity contribution is 5.95. The molecule has 0 aliphatic heterocycles. The fourth-order valence-corrected chi connectivity index (χ4v) is 1.19. The van der Waals surface area contributed by atoms with Gasteiger partial charge in [0.05, 0.1) is 6.54 Å². The van der Waals surface area contributed by atoms with E-state index in [1.807, 2.05) is 0 Å². The van der Waals surface area contributed by atoms with Crippen molar-refractivity contribution in [3.8, 4) is 0 Å². The Hall–Kier alpha value is -2.05. The first-order chi connectivity index (χ1) is 8.29. The van der Waals surface area contributed by atoms with Crippen molar-refractivity contribution in [1.82, 2.24) is 5.32 Å². The number of hydrogen-bond acceptors (Lipinski definition) is 2. The fraction of sp³-hybridized carbons (Fsp3) is 0.273. The molecule has 0 atom stereocenters. The number of halogens is 3. The third-order valence-corrected chi connectivity index (χ3v) is 1.97. The van der Waals surface area contributed by atoms with E-state index in [4.69, 9.17) is 0 Å². The Morgan fingerprint density at radius 2 is 1.94 bits per heavy atom. The van der Waals surface area contributed by atoms with Gasteiger partial charge in [-0.15, -0.1) is 0 Å². The minimum atomic E-state index is -4.98. The standard InChI is InChI=1S/C11H11F3N2O2/c1-7-3-2-4-8(5-7)16-9(17)6-15-10(18)11(12,13)14/h2-5H,6H2,1H3,(H,15,18)(H,16,17). The topological polar surface area (TPSA) is 58.2 Å². The second kappa shape index (κ2) is 5.52. The van der Waals surface area contributed by atoms with Gasteiger partial charge in [0.1, 0.15) is 0 Å². The van der Waals surface area contributed by atoms with E-state index in [0.717, 1.165) is 5.56 Å². The fourth-order valence-electron chi connectivity index (χ4n) is 1.19. The lowest BCUT2D eigenvalue weighted by Crippen LogP contribution is -2.41. The summed E-state index contributed by atoms with van der Waals surface area (Å²) in [6.07, 6.45) is -4.98. The van der Waals surface area contributed by atoms with Crippen LogP contribution in [-0.2, 0) is 9.59 Å². The van der Waals surface area contributed by atoms with E-state index < -0.39 is 24.5 Å². The number of hydrogen-bond donors (Lipinski definition) is 2. The van der Waals surface area contributed by atoms with Crippen molar-refractivity contribution in [2.24, 2.45) is 0 Å². The van der Waals surface area contributed by atoms with Gasteiger partial charge < -0.3 is 10.6 Å². The van der Waals surface area contributed by atoms with Gasteiger partial charge in [-0.1, -0.05) is 12.1 Å². The molecule has 98 valence electrons. The summed E-state index contributed by atoms with van der Waals surface area (Å²) in [5.74, 6) is -2.86. The van der Waals surface area contributed by atoms with Gasteiger partial charge in [0.15, 0.2) is 0 Å². The van der Waals surface area contributed by atoms with Crippen molar-refractivity contribution >= 4 is 17.5 Å². The van der Waals surface area contributed by atoms with Crippen LogP contribution in [0.1, 0.15) is 5.56 Å². The van der Waals surface area contributed by atoms with E-state index in [-0.39, 0.29) is 0 Å². The number of carbonyl (C=O) groups is 2. The second-order valence-corrected chi connectivity index (χ2v) is 3.60. The molecule has 0 fully saturated rings. The number of rotatable bonds is 3. The van der Waals surface area contributed by atoms with Crippen molar-refractivity contribution < 1.29 is 22.8 Å². The van der Waals surface area contributed by atoms with Gasteiger partial charge in [0, 0.05) is 5.69 Å². The van der Waals surface area contributed by atoms with Gasteiger partial charge in [-0.25, -0.2) is 0 Å². The second-order valence-electron chi connectivity index (χ2n) is 3.60. The van der Waals surface area contributed by atoms with Crippen LogP contribution in [0.15, 0.2) is 24.3 Å². The molecule has 1 aromatic rings. The van der Waals surface area contributed by atoms with Crippen molar-refractivity contribution in [2.45, 2.75) is 13.1 Å². The molecule has 0 saturated carbocycles. The number of aryl methyl sites for hydroxylation is 1. The van der Waals surface area contributed by atoms with Crippen molar-refractivity contribution in [2.75, 3.05) is 11.9 Å². The van der Waals surface area contributed by atoms with Crippen LogP contribution in [0.4, 0.5) is 18.9 Å².